The Labute approximate surface area is 122 Å². The topological polar surface area (TPSA) is 59.5 Å². The van der Waals surface area contributed by atoms with Crippen molar-refractivity contribution in [3.05, 3.63) is 59.3 Å². The molecule has 1 heterocycles. The van der Waals surface area contributed by atoms with Crippen LogP contribution in [0.2, 0.25) is 0 Å². The third-order valence-electron chi connectivity index (χ3n) is 3.62. The molecule has 1 aromatic carbocycles. The Hall–Kier alpha value is -2.14. The van der Waals surface area contributed by atoms with Gasteiger partial charge in [0.15, 0.2) is 5.76 Å². The van der Waals surface area contributed by atoms with Crippen LogP contribution >= 0.6 is 0 Å². The minimum Gasteiger partial charge on any atom is -0.455 e. The molecule has 4 nitrogen and oxygen atoms in total. The van der Waals surface area contributed by atoms with Crippen molar-refractivity contribution in [2.24, 2.45) is 5.73 Å². The van der Waals surface area contributed by atoms with E-state index in [1.807, 2.05) is 0 Å². The fourth-order valence-corrected chi connectivity index (χ4v) is 2.31. The van der Waals surface area contributed by atoms with E-state index in [2.05, 4.69) is 0 Å². The second-order valence-corrected chi connectivity index (χ2v) is 5.23. The van der Waals surface area contributed by atoms with Gasteiger partial charge in [0.05, 0.1) is 6.54 Å². The molecule has 2 N–H and O–H groups in total. The first kappa shape index (κ1) is 13.8. The Balaban J connectivity index is 1.81. The molecular weight excluding hydrogens is 271 g/mol. The third kappa shape index (κ3) is 2.97. The lowest BCUT2D eigenvalue weighted by Crippen LogP contribution is -2.32. The minimum absolute atomic E-state index is 0.170. The van der Waals surface area contributed by atoms with Gasteiger partial charge < -0.3 is 15.1 Å². The lowest BCUT2D eigenvalue weighted by Gasteiger charge is -2.21. The van der Waals surface area contributed by atoms with E-state index in [0.29, 0.717) is 11.3 Å². The maximum atomic E-state index is 13.8. The lowest BCUT2D eigenvalue weighted by molar-refractivity contribution is 0.0694. The Kier molecular flexibility index (Phi) is 3.75. The average Bonchev–Trinajstić information content (AvgIpc) is 3.22. The molecule has 0 radical (unpaired) electrons. The normalized spacial score (nSPS) is 14.2. The van der Waals surface area contributed by atoms with Crippen LogP contribution < -0.4 is 5.73 Å². The first-order chi connectivity index (χ1) is 10.2. The van der Waals surface area contributed by atoms with Crippen molar-refractivity contribution in [1.29, 1.82) is 0 Å². The zero-order valence-electron chi connectivity index (χ0n) is 11.6. The summed E-state index contributed by atoms with van der Waals surface area (Å²) in [6.07, 6.45) is 1.90. The van der Waals surface area contributed by atoms with Gasteiger partial charge in [-0.25, -0.2) is 4.39 Å². The summed E-state index contributed by atoms with van der Waals surface area (Å²) >= 11 is 0. The van der Waals surface area contributed by atoms with Crippen LogP contribution in [0.15, 0.2) is 40.8 Å². The van der Waals surface area contributed by atoms with Crippen LogP contribution in [0.4, 0.5) is 4.39 Å². The number of furan rings is 1. The number of nitrogens with zero attached hydrogens (tertiary/aromatic N) is 1. The van der Waals surface area contributed by atoms with E-state index in [0.717, 1.165) is 12.8 Å². The highest BCUT2D eigenvalue weighted by atomic mass is 19.1. The van der Waals surface area contributed by atoms with Crippen LogP contribution in [0.1, 0.15) is 34.7 Å². The first-order valence-corrected chi connectivity index (χ1v) is 7.02. The van der Waals surface area contributed by atoms with Gasteiger partial charge in [0.25, 0.3) is 5.91 Å². The molecule has 1 amide bonds. The van der Waals surface area contributed by atoms with E-state index in [1.54, 1.807) is 35.2 Å². The van der Waals surface area contributed by atoms with Gasteiger partial charge in [0, 0.05) is 18.2 Å². The van der Waals surface area contributed by atoms with Gasteiger partial charge >= 0.3 is 0 Å². The Morgan fingerprint density at radius 2 is 2.05 bits per heavy atom. The van der Waals surface area contributed by atoms with E-state index in [-0.39, 0.29) is 36.6 Å². The number of carbonyl (C=O) groups excluding carboxylic acids is 1. The van der Waals surface area contributed by atoms with Crippen LogP contribution in [0.25, 0.3) is 0 Å². The monoisotopic (exact) mass is 288 g/mol. The molecule has 0 aliphatic heterocycles. The molecule has 0 atom stereocenters. The summed E-state index contributed by atoms with van der Waals surface area (Å²) in [5, 5.41) is 0. The van der Waals surface area contributed by atoms with Crippen molar-refractivity contribution < 1.29 is 13.6 Å². The van der Waals surface area contributed by atoms with Crippen molar-refractivity contribution in [2.45, 2.75) is 32.0 Å². The van der Waals surface area contributed by atoms with Crippen molar-refractivity contribution in [3.8, 4) is 0 Å². The maximum Gasteiger partial charge on any atom is 0.290 e. The molecule has 0 bridgehead atoms. The van der Waals surface area contributed by atoms with Crippen molar-refractivity contribution in [1.82, 2.24) is 4.90 Å². The summed E-state index contributed by atoms with van der Waals surface area (Å²) in [4.78, 5) is 14.2. The molecule has 1 fully saturated rings. The largest absolute Gasteiger partial charge is 0.455 e. The second kappa shape index (κ2) is 5.69. The zero-order valence-corrected chi connectivity index (χ0v) is 11.6. The zero-order chi connectivity index (χ0) is 14.8. The van der Waals surface area contributed by atoms with E-state index < -0.39 is 0 Å². The highest BCUT2D eigenvalue weighted by molar-refractivity contribution is 5.92. The summed E-state index contributed by atoms with van der Waals surface area (Å²) in [6.45, 7) is 0.513. The van der Waals surface area contributed by atoms with Crippen LogP contribution in [0, 0.1) is 5.82 Å². The fourth-order valence-electron chi connectivity index (χ4n) is 2.31. The van der Waals surface area contributed by atoms with Gasteiger partial charge in [0.2, 0.25) is 0 Å². The molecule has 1 aromatic heterocycles. The predicted molar refractivity (Wildman–Crippen MR) is 75.9 cm³/mol. The Morgan fingerprint density at radius 3 is 2.67 bits per heavy atom. The first-order valence-electron chi connectivity index (χ1n) is 7.02. The summed E-state index contributed by atoms with van der Waals surface area (Å²) in [5.41, 5.74) is 6.00. The predicted octanol–water partition coefficient (Wildman–Crippen LogP) is 2.68. The molecule has 21 heavy (non-hydrogen) atoms. The standard InChI is InChI=1S/C16H17FN2O2/c17-14-4-2-1-3-11(14)10-19(12-5-6-12)16(20)15-8-7-13(9-18)21-15/h1-4,7-8,12H,5-6,9-10,18H2. The Bertz CT molecular complexity index is 649. The number of nitrogens with two attached hydrogens (primary N) is 1. The highest BCUT2D eigenvalue weighted by Crippen LogP contribution is 2.30. The summed E-state index contributed by atoms with van der Waals surface area (Å²) in [6, 6.07) is 10.0. The molecule has 5 heteroatoms. The minimum atomic E-state index is -0.293. The van der Waals surface area contributed by atoms with Gasteiger partial charge in [-0.3, -0.25) is 4.79 Å². The SMILES string of the molecule is NCc1ccc(C(=O)N(Cc2ccccc2F)C2CC2)o1. The van der Waals surface area contributed by atoms with Crippen LogP contribution in [-0.4, -0.2) is 16.8 Å². The second-order valence-electron chi connectivity index (χ2n) is 5.23. The molecule has 110 valence electrons. The number of benzene rings is 1. The third-order valence-corrected chi connectivity index (χ3v) is 3.62. The molecule has 1 aliphatic carbocycles. The summed E-state index contributed by atoms with van der Waals surface area (Å²) in [7, 11) is 0. The van der Waals surface area contributed by atoms with Gasteiger partial charge in [-0.15, -0.1) is 0 Å². The smallest absolute Gasteiger partial charge is 0.290 e. The van der Waals surface area contributed by atoms with Gasteiger partial charge in [-0.05, 0) is 31.0 Å². The number of amides is 1. The molecule has 1 aliphatic rings. The summed E-state index contributed by atoms with van der Waals surface area (Å²) in [5.74, 6) is 0.331. The molecular formula is C16H17FN2O2. The molecule has 1 saturated carbocycles. The van der Waals surface area contributed by atoms with Crippen LogP contribution in [0.5, 0.6) is 0 Å². The lowest BCUT2D eigenvalue weighted by atomic mass is 10.2. The van der Waals surface area contributed by atoms with E-state index in [9.17, 15) is 9.18 Å². The number of halogens is 1. The number of carbonyl (C=O) groups is 1. The Morgan fingerprint density at radius 1 is 1.29 bits per heavy atom. The quantitative estimate of drug-likeness (QED) is 0.920. The molecule has 2 aromatic rings. The summed E-state index contributed by atoms with van der Waals surface area (Å²) < 4.78 is 19.2. The number of hydrogen-bond donors (Lipinski definition) is 1. The van der Waals surface area contributed by atoms with Gasteiger partial charge in [0.1, 0.15) is 11.6 Å². The number of hydrogen-bond acceptors (Lipinski definition) is 3. The molecule has 0 spiro atoms. The fraction of sp³-hybridized carbons (Fsp3) is 0.312. The maximum absolute atomic E-state index is 13.8. The molecule has 0 saturated heterocycles. The van der Waals surface area contributed by atoms with E-state index in [1.165, 1.54) is 6.07 Å². The average molecular weight is 288 g/mol. The number of rotatable bonds is 5. The van der Waals surface area contributed by atoms with Crippen LogP contribution in [-0.2, 0) is 13.1 Å². The molecule has 3 rings (SSSR count). The van der Waals surface area contributed by atoms with Gasteiger partial charge in [-0.2, -0.15) is 0 Å². The van der Waals surface area contributed by atoms with Crippen molar-refractivity contribution in [3.63, 3.8) is 0 Å². The molecule has 0 unspecified atom stereocenters. The van der Waals surface area contributed by atoms with Crippen molar-refractivity contribution >= 4 is 5.91 Å². The van der Waals surface area contributed by atoms with Crippen molar-refractivity contribution in [2.75, 3.05) is 0 Å². The van der Waals surface area contributed by atoms with E-state index in [4.69, 9.17) is 10.2 Å². The highest BCUT2D eigenvalue weighted by Gasteiger charge is 2.34. The van der Waals surface area contributed by atoms with Crippen LogP contribution in [0.3, 0.4) is 0 Å². The van der Waals surface area contributed by atoms with E-state index >= 15 is 0 Å². The van der Waals surface area contributed by atoms with Gasteiger partial charge in [-0.1, -0.05) is 18.2 Å².